The summed E-state index contributed by atoms with van der Waals surface area (Å²) in [5.41, 5.74) is 4.04. The first-order chi connectivity index (χ1) is 16.1. The van der Waals surface area contributed by atoms with Crippen molar-refractivity contribution >= 4 is 22.4 Å². The summed E-state index contributed by atoms with van der Waals surface area (Å²) in [5, 5.41) is 5.23. The molecule has 1 N–H and O–H groups in total. The summed E-state index contributed by atoms with van der Waals surface area (Å²) in [4.78, 5) is 19.6. The second kappa shape index (κ2) is 9.51. The Morgan fingerprint density at radius 1 is 0.879 bits per heavy atom. The summed E-state index contributed by atoms with van der Waals surface area (Å²) in [5.74, 6) is -0.502. The number of amides is 1. The van der Waals surface area contributed by atoms with Crippen molar-refractivity contribution in [2.75, 3.05) is 18.4 Å². The molecule has 5 rings (SSSR count). The Kier molecular flexibility index (Phi) is 6.13. The molecule has 0 saturated carbocycles. The average molecular weight is 440 g/mol. The Morgan fingerprint density at radius 2 is 1.64 bits per heavy atom. The van der Waals surface area contributed by atoms with E-state index in [-0.39, 0.29) is 11.7 Å². The van der Waals surface area contributed by atoms with E-state index in [2.05, 4.69) is 39.5 Å². The highest BCUT2D eigenvalue weighted by molar-refractivity contribution is 6.05. The van der Waals surface area contributed by atoms with Crippen LogP contribution in [-0.4, -0.2) is 28.9 Å². The molecule has 1 saturated heterocycles. The minimum Gasteiger partial charge on any atom is -0.322 e. The third-order valence-corrected chi connectivity index (χ3v) is 6.18. The lowest BCUT2D eigenvalue weighted by atomic mass is 10.0. The monoisotopic (exact) mass is 439 g/mol. The van der Waals surface area contributed by atoms with E-state index in [4.69, 9.17) is 0 Å². The third-order valence-electron chi connectivity index (χ3n) is 6.18. The maximum absolute atomic E-state index is 13.1. The van der Waals surface area contributed by atoms with E-state index in [1.54, 1.807) is 30.5 Å². The zero-order valence-electron chi connectivity index (χ0n) is 18.4. The van der Waals surface area contributed by atoms with Gasteiger partial charge in [0.2, 0.25) is 0 Å². The van der Waals surface area contributed by atoms with Gasteiger partial charge in [-0.3, -0.25) is 14.7 Å². The first-order valence-electron chi connectivity index (χ1n) is 11.4. The molecule has 0 unspecified atom stereocenters. The predicted molar refractivity (Wildman–Crippen MR) is 131 cm³/mol. The molecule has 1 fully saturated rings. The number of carbonyl (C=O) groups excluding carboxylic acids is 1. The Balaban J connectivity index is 1.26. The molecule has 33 heavy (non-hydrogen) atoms. The number of pyridine rings is 1. The van der Waals surface area contributed by atoms with Crippen LogP contribution in [0.1, 0.15) is 35.2 Å². The molecule has 4 aromatic rings. The van der Waals surface area contributed by atoms with Gasteiger partial charge in [-0.1, -0.05) is 24.6 Å². The molecule has 4 nitrogen and oxygen atoms in total. The molecule has 1 aliphatic heterocycles. The van der Waals surface area contributed by atoms with Gasteiger partial charge >= 0.3 is 0 Å². The summed E-state index contributed by atoms with van der Waals surface area (Å²) in [7, 11) is 0. The molecule has 5 heteroatoms. The molecule has 0 radical (unpaired) electrons. The lowest BCUT2D eigenvalue weighted by Gasteiger charge is -2.26. The zero-order valence-corrected chi connectivity index (χ0v) is 18.4. The summed E-state index contributed by atoms with van der Waals surface area (Å²) < 4.78 is 13.1. The molecule has 0 bridgehead atoms. The van der Waals surface area contributed by atoms with Crippen LogP contribution in [-0.2, 0) is 6.54 Å². The number of halogens is 1. The van der Waals surface area contributed by atoms with E-state index in [0.29, 0.717) is 11.3 Å². The van der Waals surface area contributed by atoms with Crippen LogP contribution >= 0.6 is 0 Å². The van der Waals surface area contributed by atoms with Crippen LogP contribution in [0.2, 0.25) is 0 Å². The molecular weight excluding hydrogens is 413 g/mol. The smallest absolute Gasteiger partial charge is 0.257 e. The molecule has 1 aromatic heterocycles. The van der Waals surface area contributed by atoms with Crippen molar-refractivity contribution in [1.82, 2.24) is 9.88 Å². The molecule has 1 amide bonds. The molecule has 0 spiro atoms. The number of hydrogen-bond acceptors (Lipinski definition) is 3. The van der Waals surface area contributed by atoms with Crippen LogP contribution in [0.4, 0.5) is 10.1 Å². The molecule has 1 aliphatic rings. The minimum absolute atomic E-state index is 0.214. The van der Waals surface area contributed by atoms with Crippen LogP contribution in [0.3, 0.4) is 0 Å². The van der Waals surface area contributed by atoms with Crippen LogP contribution in [0.15, 0.2) is 79.0 Å². The number of nitrogens with zero attached hydrogens (tertiary/aromatic N) is 2. The largest absolute Gasteiger partial charge is 0.322 e. The van der Waals surface area contributed by atoms with Crippen LogP contribution in [0, 0.1) is 5.82 Å². The molecule has 0 aliphatic carbocycles. The highest BCUT2D eigenvalue weighted by atomic mass is 19.1. The number of fused-ring (bicyclic) bond motifs is 1. The summed E-state index contributed by atoms with van der Waals surface area (Å²) in [6.07, 6.45) is 5.47. The number of likely N-dealkylation sites (tertiary alicyclic amines) is 1. The van der Waals surface area contributed by atoms with Gasteiger partial charge in [-0.05, 0) is 96.9 Å². The average Bonchev–Trinajstić information content (AvgIpc) is 2.85. The van der Waals surface area contributed by atoms with E-state index < -0.39 is 0 Å². The molecule has 2 heterocycles. The van der Waals surface area contributed by atoms with Crippen LogP contribution in [0.25, 0.3) is 22.0 Å². The molecular formula is C28H26FN3O. The number of rotatable bonds is 5. The summed E-state index contributed by atoms with van der Waals surface area (Å²) in [6, 6.07) is 22.2. The van der Waals surface area contributed by atoms with Gasteiger partial charge in [-0.15, -0.1) is 0 Å². The normalized spacial score (nSPS) is 14.3. The topological polar surface area (TPSA) is 45.2 Å². The first-order valence-corrected chi connectivity index (χ1v) is 11.4. The van der Waals surface area contributed by atoms with E-state index in [1.807, 2.05) is 12.1 Å². The van der Waals surface area contributed by atoms with E-state index in [1.165, 1.54) is 55.4 Å². The number of aromatic nitrogens is 1. The Bertz CT molecular complexity index is 1260. The van der Waals surface area contributed by atoms with Crippen molar-refractivity contribution in [3.8, 4) is 11.3 Å². The zero-order chi connectivity index (χ0) is 22.6. The SMILES string of the molecule is O=C(Nc1ccc2cc(CN3CCCCC3)ccc2c1)c1ccc(-c2ccc(F)cc2)nc1. The standard InChI is InChI=1S/C28H26FN3O/c29-25-10-6-21(7-11-25)27-13-9-24(18-30-27)28(33)31-26-12-8-22-16-20(4-5-23(22)17-26)19-32-14-2-1-3-15-32/h4-13,16-18H,1-3,14-15,19H2,(H,31,33). The van der Waals surface area contributed by atoms with Gasteiger partial charge in [0.15, 0.2) is 0 Å². The van der Waals surface area contributed by atoms with Gasteiger partial charge in [0.05, 0.1) is 11.3 Å². The second-order valence-electron chi connectivity index (χ2n) is 8.63. The van der Waals surface area contributed by atoms with Gasteiger partial charge in [0.1, 0.15) is 5.82 Å². The molecule has 0 atom stereocenters. The number of nitrogens with one attached hydrogen (secondary N) is 1. The number of carbonyl (C=O) groups is 1. The van der Waals surface area contributed by atoms with E-state index in [9.17, 15) is 9.18 Å². The molecule has 3 aromatic carbocycles. The third kappa shape index (κ3) is 5.10. The second-order valence-corrected chi connectivity index (χ2v) is 8.63. The fraction of sp³-hybridized carbons (Fsp3) is 0.214. The lowest BCUT2D eigenvalue weighted by molar-refractivity contribution is 0.102. The quantitative estimate of drug-likeness (QED) is 0.398. The fourth-order valence-corrected chi connectivity index (χ4v) is 4.37. The maximum atomic E-state index is 13.1. The van der Waals surface area contributed by atoms with Crippen molar-refractivity contribution in [3.63, 3.8) is 0 Å². The fourth-order valence-electron chi connectivity index (χ4n) is 4.37. The minimum atomic E-state index is -0.289. The number of piperidine rings is 1. The number of anilines is 1. The lowest BCUT2D eigenvalue weighted by Crippen LogP contribution is -2.29. The Morgan fingerprint density at radius 3 is 2.39 bits per heavy atom. The van der Waals surface area contributed by atoms with Gasteiger partial charge in [-0.2, -0.15) is 0 Å². The van der Waals surface area contributed by atoms with E-state index in [0.717, 1.165) is 23.2 Å². The molecule has 166 valence electrons. The van der Waals surface area contributed by atoms with Gasteiger partial charge in [-0.25, -0.2) is 4.39 Å². The van der Waals surface area contributed by atoms with Gasteiger partial charge in [0, 0.05) is 24.0 Å². The highest BCUT2D eigenvalue weighted by Crippen LogP contribution is 2.23. The first kappa shape index (κ1) is 21.3. The van der Waals surface area contributed by atoms with Gasteiger partial charge < -0.3 is 5.32 Å². The van der Waals surface area contributed by atoms with Crippen molar-refractivity contribution in [1.29, 1.82) is 0 Å². The Hall–Kier alpha value is -3.57. The number of hydrogen-bond donors (Lipinski definition) is 1. The summed E-state index contributed by atoms with van der Waals surface area (Å²) in [6.45, 7) is 3.36. The van der Waals surface area contributed by atoms with Crippen LogP contribution < -0.4 is 5.32 Å². The van der Waals surface area contributed by atoms with Crippen LogP contribution in [0.5, 0.6) is 0 Å². The Labute approximate surface area is 193 Å². The van der Waals surface area contributed by atoms with Crippen molar-refractivity contribution in [2.24, 2.45) is 0 Å². The van der Waals surface area contributed by atoms with Crippen molar-refractivity contribution in [2.45, 2.75) is 25.8 Å². The van der Waals surface area contributed by atoms with Gasteiger partial charge in [0.25, 0.3) is 5.91 Å². The number of benzene rings is 3. The maximum Gasteiger partial charge on any atom is 0.257 e. The highest BCUT2D eigenvalue weighted by Gasteiger charge is 2.11. The van der Waals surface area contributed by atoms with E-state index >= 15 is 0 Å². The predicted octanol–water partition coefficient (Wildman–Crippen LogP) is 6.28. The van der Waals surface area contributed by atoms with Crippen molar-refractivity contribution in [3.05, 3.63) is 95.9 Å². The van der Waals surface area contributed by atoms with Crippen molar-refractivity contribution < 1.29 is 9.18 Å². The summed E-state index contributed by atoms with van der Waals surface area (Å²) >= 11 is 0.